The Labute approximate surface area is 125 Å². The zero-order valence-corrected chi connectivity index (χ0v) is 13.8. The van der Waals surface area contributed by atoms with Gasteiger partial charge in [-0.1, -0.05) is 19.6 Å². The number of nitrogens with zero attached hydrogens (tertiary/aromatic N) is 2. The number of carbonyl (C=O) groups excluding carboxylic acids is 1. The molecule has 0 bridgehead atoms. The number of methoxy groups -OCH3 is 1. The summed E-state index contributed by atoms with van der Waals surface area (Å²) >= 11 is 0. The summed E-state index contributed by atoms with van der Waals surface area (Å²) in [6.07, 6.45) is 1.90. The van der Waals surface area contributed by atoms with E-state index in [0.29, 0.717) is 0 Å². The predicted octanol–water partition coefficient (Wildman–Crippen LogP) is 2.79. The fourth-order valence-electron chi connectivity index (χ4n) is 2.58. The first-order valence-corrected chi connectivity index (χ1v) is 10.5. The topological polar surface area (TPSA) is 34.2 Å². The monoisotopic (exact) mass is 299 g/mol. The first kappa shape index (κ1) is 13.8. The molecule has 0 radical (unpaired) electrons. The normalized spacial score (nSPS) is 14.1. The maximum absolute atomic E-state index is 12.7. The molecule has 1 amide bonds. The molecule has 5 heteroatoms. The van der Waals surface area contributed by atoms with Gasteiger partial charge >= 0.3 is 6.03 Å². The van der Waals surface area contributed by atoms with E-state index in [1.807, 2.05) is 41.1 Å². The molecule has 0 atom stereocenters. The molecule has 4 nitrogen and oxygen atoms in total. The Balaban J connectivity index is 2.01. The Morgan fingerprint density at radius 3 is 2.29 bits per heavy atom. The lowest BCUT2D eigenvalue weighted by molar-refractivity contribution is -0.321. The van der Waals surface area contributed by atoms with Crippen LogP contribution in [0.2, 0.25) is 19.6 Å². The van der Waals surface area contributed by atoms with Gasteiger partial charge in [0.2, 0.25) is 0 Å². The third kappa shape index (κ3) is 2.23. The first-order chi connectivity index (χ1) is 9.91. The summed E-state index contributed by atoms with van der Waals surface area (Å²) in [4.78, 5) is 12.7. The number of aromatic nitrogens is 1. The maximum atomic E-state index is 12.7. The minimum absolute atomic E-state index is 0.00223. The highest BCUT2D eigenvalue weighted by Gasteiger charge is 2.38. The number of benzene rings is 1. The van der Waals surface area contributed by atoms with Crippen LogP contribution in [0.1, 0.15) is 5.69 Å². The Hall–Kier alpha value is -2.14. The quantitative estimate of drug-likeness (QED) is 0.645. The zero-order chi connectivity index (χ0) is 15.2. The van der Waals surface area contributed by atoms with Crippen LogP contribution in [0.15, 0.2) is 36.4 Å². The number of ether oxygens (including phenoxy) is 1. The van der Waals surface area contributed by atoms with Gasteiger partial charge in [-0.3, -0.25) is 0 Å². The molecule has 21 heavy (non-hydrogen) atoms. The molecule has 2 aromatic rings. The molecular formula is C16H19N2O2Si+. The fourth-order valence-corrected chi connectivity index (χ4v) is 4.05. The average Bonchev–Trinajstić information content (AvgIpc) is 2.99. The smallest absolute Gasteiger partial charge is 0.497 e. The zero-order valence-electron chi connectivity index (χ0n) is 12.8. The lowest BCUT2D eigenvalue weighted by atomic mass is 10.3. The van der Waals surface area contributed by atoms with Crippen LogP contribution in [0.4, 0.5) is 10.5 Å². The van der Waals surface area contributed by atoms with Crippen molar-refractivity contribution in [3.05, 3.63) is 42.1 Å². The van der Waals surface area contributed by atoms with Gasteiger partial charge in [0.05, 0.1) is 12.4 Å². The van der Waals surface area contributed by atoms with Crippen molar-refractivity contribution in [1.82, 2.24) is 4.57 Å². The van der Waals surface area contributed by atoms with Gasteiger partial charge in [0, 0.05) is 0 Å². The molecule has 108 valence electrons. The summed E-state index contributed by atoms with van der Waals surface area (Å²) in [5.41, 5.74) is 1.80. The molecule has 0 unspecified atom stereocenters. The van der Waals surface area contributed by atoms with Gasteiger partial charge in [-0.25, -0.2) is 0 Å². The van der Waals surface area contributed by atoms with Gasteiger partial charge in [0.15, 0.2) is 5.69 Å². The summed E-state index contributed by atoms with van der Waals surface area (Å²) in [5, 5.41) is 1.16. The summed E-state index contributed by atoms with van der Waals surface area (Å²) in [6, 6.07) is 11.6. The first-order valence-electron chi connectivity index (χ1n) is 6.96. The Morgan fingerprint density at radius 2 is 1.71 bits per heavy atom. The van der Waals surface area contributed by atoms with Crippen LogP contribution in [0.5, 0.6) is 5.75 Å². The summed E-state index contributed by atoms with van der Waals surface area (Å²) in [5.74, 6) is 0.785. The number of amides is 1. The second-order valence-electron chi connectivity index (χ2n) is 6.21. The van der Waals surface area contributed by atoms with Crippen molar-refractivity contribution >= 4 is 31.3 Å². The van der Waals surface area contributed by atoms with Crippen molar-refractivity contribution in [1.29, 1.82) is 0 Å². The van der Waals surface area contributed by atoms with E-state index in [4.69, 9.17) is 4.74 Å². The van der Waals surface area contributed by atoms with Gasteiger partial charge < -0.3 is 4.74 Å². The minimum Gasteiger partial charge on any atom is -0.497 e. The van der Waals surface area contributed by atoms with Gasteiger partial charge in [-0.2, -0.15) is 13.9 Å². The number of carbonyl (C=O) groups is 1. The highest BCUT2D eigenvalue weighted by molar-refractivity contribution is 6.88. The van der Waals surface area contributed by atoms with E-state index in [1.54, 1.807) is 11.7 Å². The minimum atomic E-state index is -1.55. The lowest BCUT2D eigenvalue weighted by Gasteiger charge is -2.12. The molecule has 0 saturated heterocycles. The van der Waals surface area contributed by atoms with E-state index < -0.39 is 8.07 Å². The van der Waals surface area contributed by atoms with Crippen LogP contribution in [-0.2, 0) is 0 Å². The van der Waals surface area contributed by atoms with Crippen LogP contribution < -0.4 is 10.1 Å². The van der Waals surface area contributed by atoms with E-state index in [0.717, 1.165) is 22.4 Å². The van der Waals surface area contributed by atoms with Crippen LogP contribution in [0.25, 0.3) is 0 Å². The Bertz CT molecular complexity index is 737. The van der Waals surface area contributed by atoms with E-state index >= 15 is 0 Å². The van der Waals surface area contributed by atoms with Crippen molar-refractivity contribution in [2.45, 2.75) is 19.6 Å². The van der Waals surface area contributed by atoms with Crippen LogP contribution >= 0.6 is 0 Å². The third-order valence-electron chi connectivity index (χ3n) is 3.69. The second-order valence-corrected chi connectivity index (χ2v) is 11.2. The molecule has 0 N–H and O–H groups in total. The Kier molecular flexibility index (Phi) is 3.09. The molecule has 1 aromatic heterocycles. The molecule has 1 aliphatic heterocycles. The summed E-state index contributed by atoms with van der Waals surface area (Å²) in [7, 11) is 0.0834. The number of rotatable bonds is 3. The molecule has 1 aromatic carbocycles. The largest absolute Gasteiger partial charge is 0.508 e. The lowest BCUT2D eigenvalue weighted by Crippen LogP contribution is -2.45. The molecule has 0 spiro atoms. The molecule has 3 rings (SSSR count). The van der Waals surface area contributed by atoms with Crippen molar-refractivity contribution < 1.29 is 14.1 Å². The third-order valence-corrected chi connectivity index (χ3v) is 5.62. The van der Waals surface area contributed by atoms with Gasteiger partial charge in [0.25, 0.3) is 0 Å². The highest BCUT2D eigenvalue weighted by atomic mass is 28.3. The van der Waals surface area contributed by atoms with Crippen molar-refractivity contribution in [3.8, 4) is 5.75 Å². The molecule has 2 heterocycles. The number of hydrogen-bond donors (Lipinski definition) is 0. The molecule has 0 fully saturated rings. The van der Waals surface area contributed by atoms with E-state index in [-0.39, 0.29) is 6.03 Å². The van der Waals surface area contributed by atoms with Crippen LogP contribution in [-0.4, -0.2) is 36.6 Å². The molecule has 0 saturated carbocycles. The van der Waals surface area contributed by atoms with E-state index in [1.165, 1.54) is 0 Å². The van der Waals surface area contributed by atoms with E-state index in [9.17, 15) is 4.79 Å². The Morgan fingerprint density at radius 1 is 1.05 bits per heavy atom. The van der Waals surface area contributed by atoms with Gasteiger partial charge in [-0.15, -0.1) is 0 Å². The standard InChI is InChI=1S/C16H19N2O2Si/c1-20-14-8-5-12(6-9-14)17-11-13-7-10-15(21(2,3)4)18(13)16(17)19/h5-11H,1-4H3/q+1. The second kappa shape index (κ2) is 4.70. The molecular weight excluding hydrogens is 280 g/mol. The molecule has 0 aliphatic carbocycles. The SMILES string of the molecule is COc1ccc([N+]2=Cc3ccc([Si](C)(C)C)n3C2=O)cc1. The fraction of sp³-hybridized carbons (Fsp3) is 0.250. The average molecular weight is 299 g/mol. The van der Waals surface area contributed by atoms with Crippen molar-refractivity contribution in [2.75, 3.05) is 7.11 Å². The number of hydrogen-bond acceptors (Lipinski definition) is 2. The van der Waals surface area contributed by atoms with Crippen molar-refractivity contribution in [2.24, 2.45) is 0 Å². The van der Waals surface area contributed by atoms with E-state index in [2.05, 4.69) is 25.7 Å². The van der Waals surface area contributed by atoms with Crippen molar-refractivity contribution in [3.63, 3.8) is 0 Å². The van der Waals surface area contributed by atoms with Crippen LogP contribution in [0.3, 0.4) is 0 Å². The molecule has 1 aliphatic rings. The van der Waals surface area contributed by atoms with Gasteiger partial charge in [-0.05, 0) is 36.4 Å². The maximum Gasteiger partial charge on any atom is 0.508 e. The highest BCUT2D eigenvalue weighted by Crippen LogP contribution is 2.21. The number of fused-ring (bicyclic) bond motifs is 1. The predicted molar refractivity (Wildman–Crippen MR) is 86.3 cm³/mol. The summed E-state index contributed by atoms with van der Waals surface area (Å²) in [6.45, 7) is 6.75. The summed E-state index contributed by atoms with van der Waals surface area (Å²) < 4.78 is 8.69. The van der Waals surface area contributed by atoms with Gasteiger partial charge in [0.1, 0.15) is 25.7 Å². The van der Waals surface area contributed by atoms with Crippen LogP contribution in [0, 0.1) is 0 Å².